The van der Waals surface area contributed by atoms with Gasteiger partial charge in [-0.25, -0.2) is 0 Å². The van der Waals surface area contributed by atoms with Gasteiger partial charge in [0.2, 0.25) is 0 Å². The van der Waals surface area contributed by atoms with Crippen molar-refractivity contribution in [3.05, 3.63) is 78.4 Å². The lowest BCUT2D eigenvalue weighted by Crippen LogP contribution is -2.53. The van der Waals surface area contributed by atoms with Crippen molar-refractivity contribution in [1.82, 2.24) is 10.6 Å². The molecule has 1 saturated heterocycles. The summed E-state index contributed by atoms with van der Waals surface area (Å²) in [6, 6.07) is 23.3. The summed E-state index contributed by atoms with van der Waals surface area (Å²) in [5.74, 6) is 0.623. The summed E-state index contributed by atoms with van der Waals surface area (Å²) in [4.78, 5) is 13.4. The molecular weight excluding hydrogens is 472 g/mol. The van der Waals surface area contributed by atoms with Crippen molar-refractivity contribution >= 4 is 17.7 Å². The van der Waals surface area contributed by atoms with Gasteiger partial charge >= 0.3 is 5.97 Å². The summed E-state index contributed by atoms with van der Waals surface area (Å²) in [7, 11) is 3.28. The van der Waals surface area contributed by atoms with E-state index >= 15 is 0 Å². The van der Waals surface area contributed by atoms with E-state index in [1.54, 1.807) is 14.2 Å². The number of piperidine rings is 1. The number of hydrogen-bond donors (Lipinski definition) is 3. The van der Waals surface area contributed by atoms with Crippen LogP contribution in [0.5, 0.6) is 11.5 Å². The second kappa shape index (κ2) is 12.3. The lowest BCUT2D eigenvalue weighted by molar-refractivity contribution is -0.139. The second-order valence-electron chi connectivity index (χ2n) is 9.09. The highest BCUT2D eigenvalue weighted by Crippen LogP contribution is 2.39. The molecule has 0 aliphatic carbocycles. The van der Waals surface area contributed by atoms with Crippen LogP contribution in [0.25, 0.3) is 11.1 Å². The molecule has 3 aromatic rings. The Hall–Kier alpha value is -3.00. The molecule has 36 heavy (non-hydrogen) atoms. The summed E-state index contributed by atoms with van der Waals surface area (Å²) in [6.07, 6.45) is 2.51. The van der Waals surface area contributed by atoms with Crippen LogP contribution < -0.4 is 20.1 Å². The van der Waals surface area contributed by atoms with Gasteiger partial charge in [0.25, 0.3) is 0 Å². The number of carboxylic acid groups (broad SMARTS) is 1. The van der Waals surface area contributed by atoms with Gasteiger partial charge in [-0.2, -0.15) is 0 Å². The van der Waals surface area contributed by atoms with Crippen LogP contribution in [0.3, 0.4) is 0 Å². The second-order valence-corrected chi connectivity index (χ2v) is 10.6. The van der Waals surface area contributed by atoms with Gasteiger partial charge in [-0.05, 0) is 61.2 Å². The van der Waals surface area contributed by atoms with E-state index in [2.05, 4.69) is 22.8 Å². The fourth-order valence-electron chi connectivity index (χ4n) is 4.69. The van der Waals surface area contributed by atoms with Crippen molar-refractivity contribution in [3.8, 4) is 22.6 Å². The molecule has 4 rings (SSSR count). The van der Waals surface area contributed by atoms with E-state index in [1.165, 1.54) is 4.90 Å². The van der Waals surface area contributed by atoms with E-state index in [4.69, 9.17) is 9.47 Å². The number of thioether (sulfide) groups is 1. The molecule has 1 aliphatic heterocycles. The number of nitrogens with one attached hydrogen (secondary N) is 2. The van der Waals surface area contributed by atoms with Crippen LogP contribution in [-0.4, -0.2) is 55.7 Å². The van der Waals surface area contributed by atoms with Crippen LogP contribution in [0.1, 0.15) is 18.4 Å². The van der Waals surface area contributed by atoms with E-state index < -0.39 is 12.0 Å². The van der Waals surface area contributed by atoms with Crippen LogP contribution in [0, 0.1) is 0 Å². The average Bonchev–Trinajstić information content (AvgIpc) is 2.92. The molecule has 190 valence electrons. The molecule has 0 spiro atoms. The summed E-state index contributed by atoms with van der Waals surface area (Å²) in [5.41, 5.74) is 2.80. The van der Waals surface area contributed by atoms with Gasteiger partial charge < -0.3 is 25.2 Å². The predicted octanol–water partition coefficient (Wildman–Crippen LogP) is 4.87. The smallest absolute Gasteiger partial charge is 0.321 e. The first-order valence-corrected chi connectivity index (χ1v) is 13.1. The molecule has 3 aromatic carbocycles. The SMILES string of the molecule is COc1cccc(OC)c1-c1ccc(C[C@H](NCC2(Sc3ccccc3)CCCNC2)C(=O)O)cc1. The van der Waals surface area contributed by atoms with E-state index in [1.807, 2.05) is 72.4 Å². The Morgan fingerprint density at radius 1 is 1.03 bits per heavy atom. The summed E-state index contributed by atoms with van der Waals surface area (Å²) in [6.45, 7) is 2.47. The first-order chi connectivity index (χ1) is 17.5. The van der Waals surface area contributed by atoms with Crippen LogP contribution in [-0.2, 0) is 11.2 Å². The van der Waals surface area contributed by atoms with Gasteiger partial charge in [0.15, 0.2) is 0 Å². The van der Waals surface area contributed by atoms with Crippen LogP contribution in [0.2, 0.25) is 0 Å². The number of carboxylic acids is 1. The largest absolute Gasteiger partial charge is 0.496 e. The minimum absolute atomic E-state index is 0.0857. The maximum atomic E-state index is 12.2. The number of carbonyl (C=O) groups is 1. The molecule has 7 heteroatoms. The summed E-state index contributed by atoms with van der Waals surface area (Å²) in [5, 5.41) is 16.9. The van der Waals surface area contributed by atoms with Crippen molar-refractivity contribution in [1.29, 1.82) is 0 Å². The number of aliphatic carboxylic acids is 1. The van der Waals surface area contributed by atoms with E-state index in [9.17, 15) is 9.90 Å². The Kier molecular flexibility index (Phi) is 8.91. The van der Waals surface area contributed by atoms with E-state index in [0.717, 1.165) is 54.1 Å². The molecule has 3 N–H and O–H groups in total. The van der Waals surface area contributed by atoms with Gasteiger partial charge in [-0.15, -0.1) is 11.8 Å². The lowest BCUT2D eigenvalue weighted by atomic mass is 9.96. The van der Waals surface area contributed by atoms with Gasteiger partial charge in [0.05, 0.1) is 19.8 Å². The first kappa shape index (κ1) is 26.1. The van der Waals surface area contributed by atoms with Crippen molar-refractivity contribution in [2.45, 2.75) is 34.9 Å². The molecule has 1 fully saturated rings. The van der Waals surface area contributed by atoms with Gasteiger partial charge in [0, 0.05) is 22.7 Å². The average molecular weight is 507 g/mol. The van der Waals surface area contributed by atoms with Crippen LogP contribution >= 0.6 is 11.8 Å². The number of ether oxygens (including phenoxy) is 2. The standard InChI is InChI=1S/C29H34N2O4S/c1-34-25-10-6-11-26(35-2)27(25)22-14-12-21(13-15-22)18-24(28(32)33)31-20-29(16-7-17-30-19-29)36-23-8-4-3-5-9-23/h3-6,8-15,24,30-31H,7,16-20H2,1-2H3,(H,32,33)/t24-,29?/m0/s1. The first-order valence-electron chi connectivity index (χ1n) is 12.2. The zero-order valence-corrected chi connectivity index (χ0v) is 21.6. The van der Waals surface area contributed by atoms with E-state index in [0.29, 0.717) is 13.0 Å². The third-order valence-electron chi connectivity index (χ3n) is 6.59. The van der Waals surface area contributed by atoms with Gasteiger partial charge in [0.1, 0.15) is 17.5 Å². The minimum atomic E-state index is -0.839. The molecule has 1 unspecified atom stereocenters. The maximum absolute atomic E-state index is 12.2. The third-order valence-corrected chi connectivity index (χ3v) is 8.02. The van der Waals surface area contributed by atoms with Crippen LogP contribution in [0.4, 0.5) is 0 Å². The topological polar surface area (TPSA) is 79.8 Å². The summed E-state index contributed by atoms with van der Waals surface area (Å²) >= 11 is 1.84. The third kappa shape index (κ3) is 6.40. The van der Waals surface area contributed by atoms with Crippen LogP contribution in [0.15, 0.2) is 77.7 Å². The quantitative estimate of drug-likeness (QED) is 0.342. The molecule has 2 atom stereocenters. The van der Waals surface area contributed by atoms with Crippen molar-refractivity contribution in [2.75, 3.05) is 33.9 Å². The summed E-state index contributed by atoms with van der Waals surface area (Å²) < 4.78 is 11.0. The monoisotopic (exact) mass is 506 g/mol. The molecular formula is C29H34N2O4S. The maximum Gasteiger partial charge on any atom is 0.321 e. The number of rotatable bonds is 11. The molecule has 1 heterocycles. The predicted molar refractivity (Wildman–Crippen MR) is 145 cm³/mol. The molecule has 0 radical (unpaired) electrons. The molecule has 0 saturated carbocycles. The zero-order chi connectivity index (χ0) is 25.4. The Morgan fingerprint density at radius 2 is 1.72 bits per heavy atom. The molecule has 6 nitrogen and oxygen atoms in total. The molecule has 1 aliphatic rings. The highest BCUT2D eigenvalue weighted by molar-refractivity contribution is 8.00. The molecule has 0 bridgehead atoms. The van der Waals surface area contributed by atoms with Crippen molar-refractivity contribution in [2.24, 2.45) is 0 Å². The van der Waals surface area contributed by atoms with Gasteiger partial charge in [-0.3, -0.25) is 4.79 Å². The Morgan fingerprint density at radius 3 is 2.31 bits per heavy atom. The zero-order valence-electron chi connectivity index (χ0n) is 20.8. The normalized spacial score (nSPS) is 18.4. The highest BCUT2D eigenvalue weighted by atomic mass is 32.2. The number of hydrogen-bond acceptors (Lipinski definition) is 6. The van der Waals surface area contributed by atoms with Gasteiger partial charge in [-0.1, -0.05) is 48.5 Å². The highest BCUT2D eigenvalue weighted by Gasteiger charge is 2.34. The number of methoxy groups -OCH3 is 2. The van der Waals surface area contributed by atoms with E-state index in [-0.39, 0.29) is 4.75 Å². The van der Waals surface area contributed by atoms with Crippen molar-refractivity contribution < 1.29 is 19.4 Å². The molecule has 0 amide bonds. The lowest BCUT2D eigenvalue weighted by Gasteiger charge is -2.38. The fraction of sp³-hybridized carbons (Fsp3) is 0.345. The Labute approximate surface area is 217 Å². The minimum Gasteiger partial charge on any atom is -0.496 e. The number of benzene rings is 3. The fourth-order valence-corrected chi connectivity index (χ4v) is 6.06. The Bertz CT molecular complexity index is 1110. The Balaban J connectivity index is 1.47. The van der Waals surface area contributed by atoms with Crippen molar-refractivity contribution in [3.63, 3.8) is 0 Å². The molecule has 0 aromatic heterocycles.